The van der Waals surface area contributed by atoms with Gasteiger partial charge in [-0.05, 0) is 59.0 Å². The summed E-state index contributed by atoms with van der Waals surface area (Å²) in [5, 5.41) is 13.4. The van der Waals surface area contributed by atoms with E-state index < -0.39 is 0 Å². The van der Waals surface area contributed by atoms with Crippen molar-refractivity contribution >= 4 is 39.3 Å². The SMILES string of the molecule is O=C(Cn1cnnn1)Nc1ccc(Sc2ccc(Br)cc2)cc1. The van der Waals surface area contributed by atoms with Crippen LogP contribution in [0.15, 0.2) is 69.1 Å². The Morgan fingerprint density at radius 1 is 1.09 bits per heavy atom. The van der Waals surface area contributed by atoms with Gasteiger partial charge in [0.05, 0.1) is 0 Å². The zero-order valence-electron chi connectivity index (χ0n) is 11.9. The van der Waals surface area contributed by atoms with Crippen molar-refractivity contribution in [1.29, 1.82) is 0 Å². The smallest absolute Gasteiger partial charge is 0.246 e. The number of carbonyl (C=O) groups is 1. The van der Waals surface area contributed by atoms with Crippen LogP contribution in [0.25, 0.3) is 0 Å². The third kappa shape index (κ3) is 4.64. The number of carbonyl (C=O) groups excluding carboxylic acids is 1. The molecule has 0 saturated heterocycles. The van der Waals surface area contributed by atoms with Crippen LogP contribution in [0.4, 0.5) is 5.69 Å². The van der Waals surface area contributed by atoms with E-state index in [2.05, 4.69) is 48.9 Å². The van der Waals surface area contributed by atoms with Crippen molar-refractivity contribution in [3.05, 3.63) is 59.3 Å². The molecule has 0 radical (unpaired) electrons. The molecule has 1 aromatic heterocycles. The second-order valence-electron chi connectivity index (χ2n) is 4.64. The Morgan fingerprint density at radius 3 is 2.35 bits per heavy atom. The van der Waals surface area contributed by atoms with Crippen molar-refractivity contribution in [1.82, 2.24) is 20.2 Å². The van der Waals surface area contributed by atoms with Crippen LogP contribution < -0.4 is 5.32 Å². The number of amides is 1. The van der Waals surface area contributed by atoms with Gasteiger partial charge in [0, 0.05) is 20.0 Å². The molecular weight excluding hydrogens is 378 g/mol. The molecule has 0 aliphatic heterocycles. The molecule has 0 bridgehead atoms. The van der Waals surface area contributed by atoms with Crippen molar-refractivity contribution in [3.8, 4) is 0 Å². The van der Waals surface area contributed by atoms with Gasteiger partial charge in [0.2, 0.25) is 5.91 Å². The number of anilines is 1. The average molecular weight is 390 g/mol. The van der Waals surface area contributed by atoms with E-state index in [0.29, 0.717) is 0 Å². The third-order valence-corrected chi connectivity index (χ3v) is 4.43. The molecule has 2 aromatic carbocycles. The second-order valence-corrected chi connectivity index (χ2v) is 6.70. The molecule has 0 atom stereocenters. The van der Waals surface area contributed by atoms with Gasteiger partial charge in [-0.15, -0.1) is 5.10 Å². The minimum absolute atomic E-state index is 0.0857. The summed E-state index contributed by atoms with van der Waals surface area (Å²) in [5.41, 5.74) is 0.739. The molecule has 3 rings (SSSR count). The maximum atomic E-state index is 11.9. The van der Waals surface area contributed by atoms with Gasteiger partial charge in [0.25, 0.3) is 0 Å². The lowest BCUT2D eigenvalue weighted by Gasteiger charge is -2.06. The molecule has 6 nitrogen and oxygen atoms in total. The standard InChI is InChI=1S/C15H12BrN5OS/c16-11-1-5-13(6-2-11)23-14-7-3-12(4-8-14)18-15(22)9-21-10-17-19-20-21/h1-8,10H,9H2,(H,18,22). The highest BCUT2D eigenvalue weighted by atomic mass is 79.9. The Labute approximate surface area is 145 Å². The Bertz CT molecular complexity index is 775. The normalized spacial score (nSPS) is 10.5. The fourth-order valence-electron chi connectivity index (χ4n) is 1.85. The van der Waals surface area contributed by atoms with Gasteiger partial charge in [0.1, 0.15) is 12.9 Å². The van der Waals surface area contributed by atoms with Gasteiger partial charge in [-0.1, -0.05) is 27.7 Å². The quantitative estimate of drug-likeness (QED) is 0.724. The first-order valence-electron chi connectivity index (χ1n) is 6.73. The first-order valence-corrected chi connectivity index (χ1v) is 8.34. The Morgan fingerprint density at radius 2 is 1.74 bits per heavy atom. The Hall–Kier alpha value is -2.19. The predicted molar refractivity (Wildman–Crippen MR) is 91.2 cm³/mol. The Balaban J connectivity index is 1.58. The summed E-state index contributed by atoms with van der Waals surface area (Å²) < 4.78 is 2.43. The summed E-state index contributed by atoms with van der Waals surface area (Å²) in [4.78, 5) is 14.1. The molecule has 1 heterocycles. The number of halogens is 1. The first-order chi connectivity index (χ1) is 11.2. The van der Waals surface area contributed by atoms with Crippen molar-refractivity contribution < 1.29 is 4.79 Å². The number of benzene rings is 2. The molecule has 0 spiro atoms. The number of hydrogen-bond donors (Lipinski definition) is 1. The van der Waals surface area contributed by atoms with Gasteiger partial charge in [-0.3, -0.25) is 4.79 Å². The topological polar surface area (TPSA) is 72.7 Å². The number of hydrogen-bond acceptors (Lipinski definition) is 5. The summed E-state index contributed by atoms with van der Waals surface area (Å²) >= 11 is 5.08. The highest BCUT2D eigenvalue weighted by molar-refractivity contribution is 9.10. The zero-order chi connectivity index (χ0) is 16.1. The van der Waals surface area contributed by atoms with E-state index in [0.717, 1.165) is 20.0 Å². The molecule has 0 aliphatic rings. The first kappa shape index (κ1) is 15.7. The van der Waals surface area contributed by atoms with Crippen LogP contribution in [0.1, 0.15) is 0 Å². The minimum Gasteiger partial charge on any atom is -0.324 e. The second kappa shape index (κ2) is 7.38. The number of nitrogens with zero attached hydrogens (tertiary/aromatic N) is 4. The molecular formula is C15H12BrN5OS. The van der Waals surface area contributed by atoms with Gasteiger partial charge >= 0.3 is 0 Å². The number of rotatable bonds is 5. The van der Waals surface area contributed by atoms with Gasteiger partial charge in [-0.2, -0.15) is 0 Å². The van der Waals surface area contributed by atoms with Crippen LogP contribution in [0.3, 0.4) is 0 Å². The van der Waals surface area contributed by atoms with Crippen LogP contribution in [0.2, 0.25) is 0 Å². The van der Waals surface area contributed by atoms with E-state index in [1.807, 2.05) is 36.4 Å². The maximum Gasteiger partial charge on any atom is 0.246 e. The summed E-state index contributed by atoms with van der Waals surface area (Å²) in [6.45, 7) is 0.0857. The van der Waals surface area contributed by atoms with Crippen LogP contribution in [-0.2, 0) is 11.3 Å². The lowest BCUT2D eigenvalue weighted by molar-refractivity contribution is -0.116. The lowest BCUT2D eigenvalue weighted by atomic mass is 10.3. The van der Waals surface area contributed by atoms with Crippen molar-refractivity contribution in [2.45, 2.75) is 16.3 Å². The summed E-state index contributed by atoms with van der Waals surface area (Å²) in [7, 11) is 0. The van der Waals surface area contributed by atoms with Gasteiger partial charge in [0.15, 0.2) is 0 Å². The number of tetrazole rings is 1. The van der Waals surface area contributed by atoms with Crippen LogP contribution >= 0.6 is 27.7 Å². The lowest BCUT2D eigenvalue weighted by Crippen LogP contribution is -2.19. The van der Waals surface area contributed by atoms with E-state index in [1.54, 1.807) is 11.8 Å². The highest BCUT2D eigenvalue weighted by Gasteiger charge is 2.05. The molecule has 0 fully saturated rings. The van der Waals surface area contributed by atoms with Crippen molar-refractivity contribution in [3.63, 3.8) is 0 Å². The molecule has 0 unspecified atom stereocenters. The maximum absolute atomic E-state index is 11.9. The largest absolute Gasteiger partial charge is 0.324 e. The van der Waals surface area contributed by atoms with E-state index in [1.165, 1.54) is 11.0 Å². The Kier molecular flexibility index (Phi) is 5.04. The number of nitrogens with one attached hydrogen (secondary N) is 1. The van der Waals surface area contributed by atoms with E-state index in [4.69, 9.17) is 0 Å². The van der Waals surface area contributed by atoms with E-state index >= 15 is 0 Å². The molecule has 23 heavy (non-hydrogen) atoms. The average Bonchev–Trinajstić information content (AvgIpc) is 3.04. The minimum atomic E-state index is -0.175. The predicted octanol–water partition coefficient (Wildman–Crippen LogP) is 3.23. The van der Waals surface area contributed by atoms with Crippen LogP contribution in [0.5, 0.6) is 0 Å². The molecule has 0 saturated carbocycles. The fraction of sp³-hybridized carbons (Fsp3) is 0.0667. The van der Waals surface area contributed by atoms with Gasteiger partial charge < -0.3 is 5.32 Å². The van der Waals surface area contributed by atoms with E-state index in [-0.39, 0.29) is 12.5 Å². The molecule has 3 aromatic rings. The number of aromatic nitrogens is 4. The summed E-state index contributed by atoms with van der Waals surface area (Å²) in [6, 6.07) is 15.8. The van der Waals surface area contributed by atoms with E-state index in [9.17, 15) is 4.79 Å². The summed E-state index contributed by atoms with van der Waals surface area (Å²) in [6.07, 6.45) is 1.40. The van der Waals surface area contributed by atoms with Crippen molar-refractivity contribution in [2.24, 2.45) is 0 Å². The molecule has 1 amide bonds. The fourth-order valence-corrected chi connectivity index (χ4v) is 2.93. The molecule has 116 valence electrons. The third-order valence-electron chi connectivity index (χ3n) is 2.88. The van der Waals surface area contributed by atoms with Crippen LogP contribution in [0, 0.1) is 0 Å². The molecule has 1 N–H and O–H groups in total. The van der Waals surface area contributed by atoms with Gasteiger partial charge in [-0.25, -0.2) is 4.68 Å². The zero-order valence-corrected chi connectivity index (χ0v) is 14.3. The monoisotopic (exact) mass is 389 g/mol. The van der Waals surface area contributed by atoms with Crippen molar-refractivity contribution in [2.75, 3.05) is 5.32 Å². The van der Waals surface area contributed by atoms with Crippen LogP contribution in [-0.4, -0.2) is 26.1 Å². The molecule has 0 aliphatic carbocycles. The molecule has 8 heteroatoms. The summed E-state index contributed by atoms with van der Waals surface area (Å²) in [5.74, 6) is -0.175. The highest BCUT2D eigenvalue weighted by Crippen LogP contribution is 2.29.